The second-order valence-electron chi connectivity index (χ2n) is 6.46. The molecule has 0 radical (unpaired) electrons. The van der Waals surface area contributed by atoms with Gasteiger partial charge in [0.15, 0.2) is 0 Å². The van der Waals surface area contributed by atoms with Gasteiger partial charge in [0.25, 0.3) is 0 Å². The molecule has 20 heavy (non-hydrogen) atoms. The quantitative estimate of drug-likeness (QED) is 0.436. The van der Waals surface area contributed by atoms with Gasteiger partial charge in [0.2, 0.25) is 0 Å². The minimum absolute atomic E-state index is 0.665. The summed E-state index contributed by atoms with van der Waals surface area (Å²) in [5, 5.41) is 13.6. The number of allylic oxidation sites excluding steroid dienone is 4. The molecule has 0 spiro atoms. The molecular weight excluding hydrogens is 248 g/mol. The summed E-state index contributed by atoms with van der Waals surface area (Å²) in [6.45, 7) is 0. The van der Waals surface area contributed by atoms with E-state index in [4.69, 9.17) is 0 Å². The van der Waals surface area contributed by atoms with E-state index < -0.39 is 0 Å². The Balaban J connectivity index is 1.32. The minimum Gasteiger partial charge on any atom is -0.267 e. The molecule has 2 heterocycles. The Bertz CT molecular complexity index is 370. The zero-order valence-electron chi connectivity index (χ0n) is 12.1. The van der Waals surface area contributed by atoms with Crippen molar-refractivity contribution in [2.45, 2.75) is 75.5 Å². The van der Waals surface area contributed by atoms with Crippen LogP contribution in [0.4, 0.5) is 0 Å². The van der Waals surface area contributed by atoms with Crippen LogP contribution in [0.15, 0.2) is 34.8 Å². The van der Waals surface area contributed by atoms with Crippen LogP contribution in [0.25, 0.3) is 0 Å². The van der Waals surface area contributed by atoms with Crippen molar-refractivity contribution < 1.29 is 0 Å². The van der Waals surface area contributed by atoms with E-state index in [-0.39, 0.29) is 0 Å². The summed E-state index contributed by atoms with van der Waals surface area (Å²) in [6, 6.07) is 2.66. The fourth-order valence-electron chi connectivity index (χ4n) is 3.84. The van der Waals surface area contributed by atoms with E-state index in [0.717, 1.165) is 0 Å². The Morgan fingerprint density at radius 2 is 0.850 bits per heavy atom. The Kier molecular flexibility index (Phi) is 3.25. The minimum atomic E-state index is 0.665. The van der Waals surface area contributed by atoms with Gasteiger partial charge in [-0.1, -0.05) is 34.8 Å². The van der Waals surface area contributed by atoms with Crippen LogP contribution in [0.5, 0.6) is 0 Å². The van der Waals surface area contributed by atoms with Crippen LogP contribution < -0.4 is 0 Å². The summed E-state index contributed by atoms with van der Waals surface area (Å²) in [6.07, 6.45) is 19.1. The SMILES string of the molecule is C1=C\CC[C@H]2[C@@H](CC/1)N2/N=N/N1[C@@H]2CC/C=C\CC[C@@H]21. The topological polar surface area (TPSA) is 30.7 Å². The van der Waals surface area contributed by atoms with Crippen molar-refractivity contribution in [3.05, 3.63) is 24.3 Å². The summed E-state index contributed by atoms with van der Waals surface area (Å²) in [7, 11) is 0. The first-order chi connectivity index (χ1) is 9.95. The maximum absolute atomic E-state index is 4.55. The van der Waals surface area contributed by atoms with Gasteiger partial charge in [-0.05, 0) is 51.4 Å². The van der Waals surface area contributed by atoms with E-state index in [9.17, 15) is 0 Å². The molecule has 4 rings (SSSR count). The first-order valence-corrected chi connectivity index (χ1v) is 8.23. The molecule has 0 bridgehead atoms. The average Bonchev–Trinajstić information content (AvgIpc) is 3.22. The fourth-order valence-corrected chi connectivity index (χ4v) is 3.84. The predicted octanol–water partition coefficient (Wildman–Crippen LogP) is 3.63. The highest BCUT2D eigenvalue weighted by molar-refractivity contribution is 5.05. The highest BCUT2D eigenvalue weighted by Crippen LogP contribution is 2.40. The fraction of sp³-hybridized carbons (Fsp3) is 0.750. The third kappa shape index (κ3) is 2.36. The Hall–Kier alpha value is -1.32. The molecule has 0 amide bonds. The van der Waals surface area contributed by atoms with Gasteiger partial charge in [0.1, 0.15) is 0 Å². The van der Waals surface area contributed by atoms with Gasteiger partial charge >= 0.3 is 0 Å². The molecule has 108 valence electrons. The van der Waals surface area contributed by atoms with Crippen molar-refractivity contribution in [1.29, 1.82) is 0 Å². The molecule has 0 saturated carbocycles. The number of hydrogen-bond acceptors (Lipinski definition) is 2. The lowest BCUT2D eigenvalue weighted by molar-refractivity contribution is 0.370. The predicted molar refractivity (Wildman–Crippen MR) is 78.9 cm³/mol. The lowest BCUT2D eigenvalue weighted by Gasteiger charge is -1.97. The van der Waals surface area contributed by atoms with Crippen molar-refractivity contribution in [3.63, 3.8) is 0 Å². The molecule has 0 aromatic rings. The van der Waals surface area contributed by atoms with Crippen LogP contribution in [0.3, 0.4) is 0 Å². The van der Waals surface area contributed by atoms with Crippen molar-refractivity contribution >= 4 is 0 Å². The Labute approximate surface area is 121 Å². The largest absolute Gasteiger partial charge is 0.267 e. The van der Waals surface area contributed by atoms with Crippen LogP contribution in [0, 0.1) is 0 Å². The van der Waals surface area contributed by atoms with E-state index in [1.54, 1.807) is 0 Å². The van der Waals surface area contributed by atoms with E-state index in [2.05, 4.69) is 44.8 Å². The molecule has 0 N–H and O–H groups in total. The second-order valence-corrected chi connectivity index (χ2v) is 6.46. The third-order valence-corrected chi connectivity index (χ3v) is 5.16. The third-order valence-electron chi connectivity index (χ3n) is 5.16. The molecule has 2 aliphatic carbocycles. The van der Waals surface area contributed by atoms with Crippen molar-refractivity contribution in [3.8, 4) is 0 Å². The monoisotopic (exact) mass is 272 g/mol. The highest BCUT2D eigenvalue weighted by Gasteiger charge is 2.49. The van der Waals surface area contributed by atoms with Crippen molar-refractivity contribution in [2.24, 2.45) is 10.4 Å². The molecule has 2 saturated heterocycles. The summed E-state index contributed by atoms with van der Waals surface area (Å²) in [5.41, 5.74) is 0. The van der Waals surface area contributed by atoms with E-state index in [0.29, 0.717) is 24.2 Å². The average molecular weight is 272 g/mol. The molecule has 0 unspecified atom stereocenters. The zero-order valence-corrected chi connectivity index (χ0v) is 12.1. The summed E-state index contributed by atoms with van der Waals surface area (Å²) >= 11 is 0. The van der Waals surface area contributed by atoms with Gasteiger partial charge in [0, 0.05) is 0 Å². The molecule has 4 nitrogen and oxygen atoms in total. The lowest BCUT2D eigenvalue weighted by Crippen LogP contribution is -1.96. The zero-order chi connectivity index (χ0) is 13.4. The normalized spacial score (nSPS) is 42.8. The maximum Gasteiger partial charge on any atom is 0.0716 e. The number of rotatable bonds is 2. The van der Waals surface area contributed by atoms with Crippen LogP contribution in [-0.4, -0.2) is 34.2 Å². The standard InChI is InChI=1S/C16H24N4/c1-2-6-10-14-13(9-5-1)19(14)17-18-20-15-11-7-3-4-8-12-16(15)20/h1-4,13-16H,5-12H2/b2-1-,4-3-,18-17+/t13-,14+,15-,16+,19?,20?. The lowest BCUT2D eigenvalue weighted by atomic mass is 10.1. The molecular formula is C16H24N4. The Morgan fingerprint density at radius 3 is 1.15 bits per heavy atom. The summed E-state index contributed by atoms with van der Waals surface area (Å²) < 4.78 is 0. The van der Waals surface area contributed by atoms with Gasteiger partial charge in [-0.2, -0.15) is 0 Å². The molecule has 4 atom stereocenters. The van der Waals surface area contributed by atoms with Gasteiger partial charge in [0.05, 0.1) is 24.2 Å². The first kappa shape index (κ1) is 12.4. The molecule has 4 aliphatic rings. The van der Waals surface area contributed by atoms with Crippen LogP contribution in [-0.2, 0) is 0 Å². The van der Waals surface area contributed by atoms with Gasteiger partial charge in [-0.15, -0.1) is 0 Å². The maximum atomic E-state index is 4.55. The van der Waals surface area contributed by atoms with E-state index in [1.165, 1.54) is 51.4 Å². The number of hydrogen-bond donors (Lipinski definition) is 0. The van der Waals surface area contributed by atoms with Crippen LogP contribution in [0.2, 0.25) is 0 Å². The first-order valence-electron chi connectivity index (χ1n) is 8.23. The second kappa shape index (κ2) is 5.23. The molecule has 0 aromatic heterocycles. The number of nitrogens with zero attached hydrogens (tertiary/aromatic N) is 4. The van der Waals surface area contributed by atoms with Crippen LogP contribution in [0.1, 0.15) is 51.4 Å². The molecule has 2 fully saturated rings. The van der Waals surface area contributed by atoms with Crippen molar-refractivity contribution in [1.82, 2.24) is 10.0 Å². The summed E-state index contributed by atoms with van der Waals surface area (Å²) in [4.78, 5) is 0. The number of fused-ring (bicyclic) bond motifs is 2. The van der Waals surface area contributed by atoms with Gasteiger partial charge < -0.3 is 0 Å². The van der Waals surface area contributed by atoms with Crippen molar-refractivity contribution in [2.75, 3.05) is 0 Å². The smallest absolute Gasteiger partial charge is 0.0716 e. The molecule has 4 heteroatoms. The van der Waals surface area contributed by atoms with E-state index in [1.807, 2.05) is 0 Å². The molecule has 0 aromatic carbocycles. The van der Waals surface area contributed by atoms with E-state index >= 15 is 0 Å². The van der Waals surface area contributed by atoms with Crippen LogP contribution >= 0.6 is 0 Å². The summed E-state index contributed by atoms with van der Waals surface area (Å²) in [5.74, 6) is 0. The van der Waals surface area contributed by atoms with Gasteiger partial charge in [-0.25, -0.2) is 0 Å². The Morgan fingerprint density at radius 1 is 0.550 bits per heavy atom. The highest BCUT2D eigenvalue weighted by atomic mass is 15.8. The molecule has 2 aliphatic heterocycles. The van der Waals surface area contributed by atoms with Gasteiger partial charge in [-0.3, -0.25) is 10.0 Å².